The van der Waals surface area contributed by atoms with Gasteiger partial charge in [-0.15, -0.1) is 0 Å². The van der Waals surface area contributed by atoms with Crippen LogP contribution in [0.25, 0.3) is 0 Å². The maximum absolute atomic E-state index is 5.40. The SMILES string of the molecule is CC1C=CC=C(CN)N=C1. The topological polar surface area (TPSA) is 38.4 Å². The highest BCUT2D eigenvalue weighted by atomic mass is 14.8. The molecule has 0 aliphatic carbocycles. The summed E-state index contributed by atoms with van der Waals surface area (Å²) in [7, 11) is 0. The summed E-state index contributed by atoms with van der Waals surface area (Å²) in [6.07, 6.45) is 7.94. The fraction of sp³-hybridized carbons (Fsp3) is 0.375. The van der Waals surface area contributed by atoms with Crippen LogP contribution in [0.4, 0.5) is 0 Å². The van der Waals surface area contributed by atoms with Crippen molar-refractivity contribution in [3.05, 3.63) is 23.9 Å². The summed E-state index contributed by atoms with van der Waals surface area (Å²) in [6.45, 7) is 2.61. The Morgan fingerprint density at radius 3 is 3.20 bits per heavy atom. The van der Waals surface area contributed by atoms with E-state index < -0.39 is 0 Å². The molecule has 1 heterocycles. The van der Waals surface area contributed by atoms with Crippen LogP contribution in [0.15, 0.2) is 28.9 Å². The van der Waals surface area contributed by atoms with Crippen molar-refractivity contribution in [3.8, 4) is 0 Å². The summed E-state index contributed by atoms with van der Waals surface area (Å²) in [5.74, 6) is 0.431. The molecule has 0 amide bonds. The molecule has 1 atom stereocenters. The monoisotopic (exact) mass is 136 g/mol. The van der Waals surface area contributed by atoms with Gasteiger partial charge in [0, 0.05) is 18.7 Å². The number of aliphatic imine (C=N–C) groups is 1. The molecule has 1 aliphatic heterocycles. The van der Waals surface area contributed by atoms with E-state index in [2.05, 4.69) is 18.0 Å². The van der Waals surface area contributed by atoms with Gasteiger partial charge in [0.15, 0.2) is 0 Å². The first kappa shape index (κ1) is 7.22. The van der Waals surface area contributed by atoms with Crippen LogP contribution in [-0.2, 0) is 0 Å². The van der Waals surface area contributed by atoms with E-state index in [0.29, 0.717) is 12.5 Å². The van der Waals surface area contributed by atoms with Crippen molar-refractivity contribution in [2.24, 2.45) is 16.6 Å². The molecule has 2 N–H and O–H groups in total. The second-order valence-corrected chi connectivity index (χ2v) is 2.38. The Morgan fingerprint density at radius 2 is 2.50 bits per heavy atom. The molecule has 0 radical (unpaired) electrons. The molecule has 0 spiro atoms. The summed E-state index contributed by atoms with van der Waals surface area (Å²) >= 11 is 0. The Bertz CT molecular complexity index is 189. The van der Waals surface area contributed by atoms with E-state index in [9.17, 15) is 0 Å². The number of hydrogen-bond acceptors (Lipinski definition) is 2. The van der Waals surface area contributed by atoms with Crippen LogP contribution in [0.1, 0.15) is 6.92 Å². The van der Waals surface area contributed by atoms with Gasteiger partial charge in [0.1, 0.15) is 0 Å². The van der Waals surface area contributed by atoms with Crippen molar-refractivity contribution < 1.29 is 0 Å². The van der Waals surface area contributed by atoms with Crippen molar-refractivity contribution in [2.45, 2.75) is 6.92 Å². The quantitative estimate of drug-likeness (QED) is 0.576. The summed E-state index contributed by atoms with van der Waals surface area (Å²) < 4.78 is 0. The number of rotatable bonds is 1. The average molecular weight is 136 g/mol. The van der Waals surface area contributed by atoms with Crippen LogP contribution in [0.5, 0.6) is 0 Å². The highest BCUT2D eigenvalue weighted by Gasteiger charge is 1.95. The average Bonchev–Trinajstić information content (AvgIpc) is 2.14. The molecule has 0 aromatic rings. The summed E-state index contributed by atoms with van der Waals surface area (Å²) in [5.41, 5.74) is 6.35. The fourth-order valence-electron chi connectivity index (χ4n) is 0.769. The van der Waals surface area contributed by atoms with E-state index in [1.807, 2.05) is 18.4 Å². The van der Waals surface area contributed by atoms with E-state index >= 15 is 0 Å². The van der Waals surface area contributed by atoms with E-state index in [4.69, 9.17) is 5.73 Å². The van der Waals surface area contributed by atoms with Crippen LogP contribution < -0.4 is 5.73 Å². The maximum Gasteiger partial charge on any atom is 0.0535 e. The highest BCUT2D eigenvalue weighted by molar-refractivity contribution is 5.65. The van der Waals surface area contributed by atoms with Crippen LogP contribution in [0, 0.1) is 5.92 Å². The van der Waals surface area contributed by atoms with Crippen LogP contribution >= 0.6 is 0 Å². The van der Waals surface area contributed by atoms with Gasteiger partial charge in [0.2, 0.25) is 0 Å². The molecule has 1 unspecified atom stereocenters. The van der Waals surface area contributed by atoms with Gasteiger partial charge < -0.3 is 5.73 Å². The van der Waals surface area contributed by atoms with Gasteiger partial charge in [-0.25, -0.2) is 0 Å². The second-order valence-electron chi connectivity index (χ2n) is 2.38. The van der Waals surface area contributed by atoms with Crippen molar-refractivity contribution in [1.29, 1.82) is 0 Å². The van der Waals surface area contributed by atoms with Crippen LogP contribution in [-0.4, -0.2) is 12.8 Å². The van der Waals surface area contributed by atoms with Crippen LogP contribution in [0.2, 0.25) is 0 Å². The summed E-state index contributed by atoms with van der Waals surface area (Å²) in [5, 5.41) is 0. The summed E-state index contributed by atoms with van der Waals surface area (Å²) in [6, 6.07) is 0. The number of nitrogens with zero attached hydrogens (tertiary/aromatic N) is 1. The third-order valence-corrected chi connectivity index (χ3v) is 1.39. The molecular formula is C8H12N2. The largest absolute Gasteiger partial charge is 0.325 e. The normalized spacial score (nSPS) is 24.2. The molecule has 0 saturated carbocycles. The molecule has 0 aromatic carbocycles. The van der Waals surface area contributed by atoms with E-state index in [1.165, 1.54) is 0 Å². The lowest BCUT2D eigenvalue weighted by atomic mass is 10.2. The molecule has 2 nitrogen and oxygen atoms in total. The Balaban J connectivity index is 2.71. The zero-order chi connectivity index (χ0) is 7.40. The molecule has 0 aromatic heterocycles. The van der Waals surface area contributed by atoms with Crippen molar-refractivity contribution >= 4 is 6.21 Å². The number of hydrogen-bond donors (Lipinski definition) is 1. The Hall–Kier alpha value is -0.890. The minimum Gasteiger partial charge on any atom is -0.325 e. The molecule has 2 heteroatoms. The predicted molar refractivity (Wildman–Crippen MR) is 43.9 cm³/mol. The Kier molecular flexibility index (Phi) is 2.40. The van der Waals surface area contributed by atoms with Crippen LogP contribution in [0.3, 0.4) is 0 Å². The molecule has 0 saturated heterocycles. The predicted octanol–water partition coefficient (Wildman–Crippen LogP) is 1.11. The van der Waals surface area contributed by atoms with Gasteiger partial charge in [-0.2, -0.15) is 0 Å². The molecule has 1 rings (SSSR count). The van der Waals surface area contributed by atoms with Gasteiger partial charge in [0.25, 0.3) is 0 Å². The van der Waals surface area contributed by atoms with E-state index in [1.54, 1.807) is 0 Å². The number of nitrogens with two attached hydrogens (primary N) is 1. The van der Waals surface area contributed by atoms with Gasteiger partial charge >= 0.3 is 0 Å². The minimum atomic E-state index is 0.431. The molecule has 54 valence electrons. The molecule has 0 bridgehead atoms. The van der Waals surface area contributed by atoms with Gasteiger partial charge in [-0.1, -0.05) is 19.1 Å². The van der Waals surface area contributed by atoms with Gasteiger partial charge in [0.05, 0.1) is 5.70 Å². The third kappa shape index (κ3) is 1.81. The zero-order valence-electron chi connectivity index (χ0n) is 6.12. The second kappa shape index (κ2) is 3.32. The van der Waals surface area contributed by atoms with Crippen molar-refractivity contribution in [3.63, 3.8) is 0 Å². The fourth-order valence-corrected chi connectivity index (χ4v) is 0.769. The molecule has 0 fully saturated rings. The lowest BCUT2D eigenvalue weighted by Crippen LogP contribution is -2.00. The zero-order valence-corrected chi connectivity index (χ0v) is 6.12. The minimum absolute atomic E-state index is 0.431. The van der Waals surface area contributed by atoms with E-state index in [-0.39, 0.29) is 0 Å². The summed E-state index contributed by atoms with van der Waals surface area (Å²) in [4.78, 5) is 4.17. The first-order valence-corrected chi connectivity index (χ1v) is 3.44. The van der Waals surface area contributed by atoms with Crippen molar-refractivity contribution in [1.82, 2.24) is 0 Å². The molecular weight excluding hydrogens is 124 g/mol. The highest BCUT2D eigenvalue weighted by Crippen LogP contribution is 2.03. The lowest BCUT2D eigenvalue weighted by Gasteiger charge is -1.93. The smallest absolute Gasteiger partial charge is 0.0535 e. The standard InChI is InChI=1S/C8H12N2/c1-7-3-2-4-8(5-9)10-6-7/h2-4,6-7H,5,9H2,1H3. The van der Waals surface area contributed by atoms with Gasteiger partial charge in [-0.3, -0.25) is 4.99 Å². The lowest BCUT2D eigenvalue weighted by molar-refractivity contribution is 1.02. The van der Waals surface area contributed by atoms with E-state index in [0.717, 1.165) is 5.70 Å². The first-order chi connectivity index (χ1) is 4.83. The van der Waals surface area contributed by atoms with Gasteiger partial charge in [-0.05, 0) is 6.08 Å². The Morgan fingerprint density at radius 1 is 1.70 bits per heavy atom. The molecule has 1 aliphatic rings. The molecule has 10 heavy (non-hydrogen) atoms. The third-order valence-electron chi connectivity index (χ3n) is 1.39. The Labute approximate surface area is 61.1 Å². The maximum atomic E-state index is 5.40. The first-order valence-electron chi connectivity index (χ1n) is 3.44. The van der Waals surface area contributed by atoms with Crippen molar-refractivity contribution in [2.75, 3.05) is 6.54 Å². The number of allylic oxidation sites excluding steroid dienone is 3.